The van der Waals surface area contributed by atoms with Gasteiger partial charge in [-0.15, -0.1) is 0 Å². The molecule has 90 heavy (non-hydrogen) atoms. The summed E-state index contributed by atoms with van der Waals surface area (Å²) in [7, 11) is -8.10. The number of nitrogens with zero attached hydrogens (tertiary/aromatic N) is 4. The van der Waals surface area contributed by atoms with E-state index in [9.17, 15) is 55.2 Å². The summed E-state index contributed by atoms with van der Waals surface area (Å²) < 4.78 is 76.5. The SMILES string of the molecule is C.C=Cc1cc2cc([C@@H](C)OC(=O)[C@@H]3CCCN(C(=O)[C@H](C)NC(=O)[C@@H](N)C(C)C)N3)ccc2cn1.C=Cc1cc2cc([C@@H](C)OC(=O)[C@@H]3CCCN(C(=O)[C@H](C)NC(=O)[C@@H](NC(=O)OC(C)(C)C)C(C)C)N3)ccc2cn1.C[Si](C)(C)OS(=O)(=O)C(F)(F)F. The van der Waals surface area contributed by atoms with Crippen LogP contribution in [0.25, 0.3) is 33.7 Å². The number of hydrogen-bond donors (Lipinski definition) is 6. The number of aromatic nitrogens is 2. The van der Waals surface area contributed by atoms with Gasteiger partial charge in [-0.05, 0) is 164 Å². The Morgan fingerprint density at radius 3 is 1.42 bits per heavy atom. The fraction of sp³-hybridized carbons (Fsp3) is 0.532. The Bertz CT molecular complexity index is 3310. The van der Waals surface area contributed by atoms with Gasteiger partial charge in [-0.1, -0.05) is 72.5 Å². The van der Waals surface area contributed by atoms with Crippen LogP contribution in [0.15, 0.2) is 74.1 Å². The van der Waals surface area contributed by atoms with Crippen molar-refractivity contribution in [2.75, 3.05) is 13.1 Å². The molecule has 0 spiro atoms. The number of carbonyl (C=O) groups excluding carboxylic acids is 7. The number of carbonyl (C=O) groups is 7. The molecule has 0 radical (unpaired) electrons. The molecule has 7 N–H and O–H groups in total. The molecule has 28 heteroatoms. The molecule has 4 aromatic rings. The summed E-state index contributed by atoms with van der Waals surface area (Å²) in [6, 6.07) is 10.8. The number of amides is 5. The highest BCUT2D eigenvalue weighted by Gasteiger charge is 2.49. The Morgan fingerprint density at radius 2 is 1.08 bits per heavy atom. The van der Waals surface area contributed by atoms with Gasteiger partial charge in [-0.2, -0.15) is 21.6 Å². The number of ether oxygens (including phenoxy) is 3. The lowest BCUT2D eigenvalue weighted by atomic mass is 10.0. The maximum absolute atomic E-state index is 13.2. The highest BCUT2D eigenvalue weighted by molar-refractivity contribution is 7.88. The standard InChI is InChI=1S/C31H43N5O6.C26H35N5O4.C4H9F3O3SSi.CH4/c1-9-24-16-23-15-21(12-13-22(23)17-32-24)20(5)41-29(39)25-11-10-14-36(35-25)28(38)19(4)33-27(37)26(18(2)3)34-30(40)42-31(6,7)8;1-6-21-13-20-12-18(9-10-19(20)14-28-21)17(5)35-26(34)22-8-7-11-31(30-22)25(33)16(4)29-24(32)23(27)15(2)3;1-12(2,3)10-11(8,9)4(5,6)7;/h9,12-13,15-20,25-26,35H,1,10-11,14H2,2-8H3,(H,33,37)(H,34,40);6,9-10,12-17,22-23,30H,1,7-8,11,27H2,2-5H3,(H,29,32);1-3H3;1H4/t19-,20+,25-,26-;16-,17+,22-,23-;;/m00../s1. The third-order valence-corrected chi connectivity index (χ3v) is 17.1. The lowest BCUT2D eigenvalue weighted by Crippen LogP contribution is -2.61. The molecule has 0 unspecified atom stereocenters. The van der Waals surface area contributed by atoms with Crippen LogP contribution in [0.3, 0.4) is 0 Å². The molecule has 0 aliphatic carbocycles. The molecule has 5 amide bonds. The number of esters is 2. The first-order valence-electron chi connectivity index (χ1n) is 29.2. The summed E-state index contributed by atoms with van der Waals surface area (Å²) >= 11 is 0. The van der Waals surface area contributed by atoms with Crippen molar-refractivity contribution >= 4 is 93.8 Å². The normalized spacial score (nSPS) is 17.4. The average molecular weight is 1300 g/mol. The van der Waals surface area contributed by atoms with Gasteiger partial charge in [-0.3, -0.25) is 48.8 Å². The zero-order valence-corrected chi connectivity index (χ0v) is 54.9. The Morgan fingerprint density at radius 1 is 0.667 bits per heavy atom. The fourth-order valence-electron chi connectivity index (χ4n) is 8.81. The van der Waals surface area contributed by atoms with Crippen LogP contribution in [-0.4, -0.2) is 139 Å². The van der Waals surface area contributed by atoms with E-state index in [1.54, 1.807) is 79.9 Å². The minimum atomic E-state index is -5.39. The second-order valence-corrected chi connectivity index (χ2v) is 30.6. The molecule has 0 bridgehead atoms. The molecule has 2 aromatic carbocycles. The van der Waals surface area contributed by atoms with Gasteiger partial charge < -0.3 is 39.8 Å². The Kier molecular flexibility index (Phi) is 28.3. The second kappa shape index (κ2) is 33.1. The van der Waals surface area contributed by atoms with E-state index in [2.05, 4.69) is 53.8 Å². The third kappa shape index (κ3) is 23.1. The van der Waals surface area contributed by atoms with Crippen LogP contribution in [0.5, 0.6) is 0 Å². The summed E-state index contributed by atoms with van der Waals surface area (Å²) in [5.74, 6) is -2.84. The molecule has 498 valence electrons. The fourth-order valence-corrected chi connectivity index (χ4v) is 11.8. The molecule has 23 nitrogen and oxygen atoms in total. The molecular weight excluding hydrogens is 1210 g/mol. The molecule has 4 heterocycles. The Hall–Kier alpha value is -7.37. The number of pyridine rings is 2. The van der Waals surface area contributed by atoms with Crippen LogP contribution in [0, 0.1) is 11.8 Å². The van der Waals surface area contributed by atoms with Gasteiger partial charge >= 0.3 is 33.7 Å². The molecule has 8 atom stereocenters. The number of halogens is 3. The Labute approximate surface area is 527 Å². The molecule has 2 aliphatic rings. The van der Waals surface area contributed by atoms with Crippen molar-refractivity contribution in [2.45, 2.75) is 188 Å². The number of hydrazine groups is 2. The number of benzene rings is 2. The highest BCUT2D eigenvalue weighted by atomic mass is 32.2. The highest BCUT2D eigenvalue weighted by Crippen LogP contribution is 2.29. The molecule has 2 saturated heterocycles. The van der Waals surface area contributed by atoms with Gasteiger partial charge in [0.05, 0.1) is 17.4 Å². The zero-order valence-electron chi connectivity index (χ0n) is 53.1. The van der Waals surface area contributed by atoms with Gasteiger partial charge in [0.15, 0.2) is 0 Å². The first-order valence-corrected chi connectivity index (χ1v) is 34.0. The van der Waals surface area contributed by atoms with E-state index < -0.39 is 108 Å². The topological polar surface area (TPSA) is 309 Å². The van der Waals surface area contributed by atoms with E-state index in [1.165, 1.54) is 29.7 Å². The van der Waals surface area contributed by atoms with Crippen LogP contribution >= 0.6 is 0 Å². The summed E-state index contributed by atoms with van der Waals surface area (Å²) in [6.45, 7) is 31.6. The van der Waals surface area contributed by atoms with Crippen LogP contribution in [0.1, 0.15) is 144 Å². The predicted molar refractivity (Wildman–Crippen MR) is 341 cm³/mol. The van der Waals surface area contributed by atoms with E-state index in [4.69, 9.17) is 19.9 Å². The summed E-state index contributed by atoms with van der Waals surface area (Å²) in [4.78, 5) is 98.1. The number of nitrogens with one attached hydrogen (secondary N) is 5. The van der Waals surface area contributed by atoms with E-state index >= 15 is 0 Å². The minimum Gasteiger partial charge on any atom is -0.457 e. The van der Waals surface area contributed by atoms with Crippen LogP contribution in [0.4, 0.5) is 18.0 Å². The van der Waals surface area contributed by atoms with Gasteiger partial charge in [0.2, 0.25) is 20.1 Å². The van der Waals surface area contributed by atoms with Crippen LogP contribution < -0.4 is 32.5 Å². The lowest BCUT2D eigenvalue weighted by Gasteiger charge is -2.35. The van der Waals surface area contributed by atoms with Crippen LogP contribution in [-0.2, 0) is 57.0 Å². The predicted octanol–water partition coefficient (Wildman–Crippen LogP) is 8.82. The molecule has 2 fully saturated rings. The summed E-state index contributed by atoms with van der Waals surface area (Å²) in [6.07, 6.45) is 7.45. The van der Waals surface area contributed by atoms with Crippen molar-refractivity contribution in [3.8, 4) is 0 Å². The van der Waals surface area contributed by atoms with E-state index in [0.29, 0.717) is 38.8 Å². The quantitative estimate of drug-likeness (QED) is 0.0221. The number of rotatable bonds is 19. The molecule has 6 rings (SSSR count). The Balaban J connectivity index is 0.000000398. The number of fused-ring (bicyclic) bond motifs is 2. The monoisotopic (exact) mass is 1300 g/mol. The molecule has 2 aliphatic heterocycles. The smallest absolute Gasteiger partial charge is 0.457 e. The number of alkyl halides is 3. The number of nitrogens with two attached hydrogens (primary N) is 1. The van der Waals surface area contributed by atoms with Crippen molar-refractivity contribution < 1.29 is 73.2 Å². The van der Waals surface area contributed by atoms with Crippen molar-refractivity contribution in [3.63, 3.8) is 0 Å². The number of hydrogen-bond acceptors (Lipinski definition) is 18. The summed E-state index contributed by atoms with van der Waals surface area (Å²) in [5, 5.41) is 14.5. The van der Waals surface area contributed by atoms with E-state index in [0.717, 1.165) is 44.1 Å². The van der Waals surface area contributed by atoms with E-state index in [-0.39, 0.29) is 31.1 Å². The molecule has 2 aromatic heterocycles. The molecule has 0 saturated carbocycles. The lowest BCUT2D eigenvalue weighted by molar-refractivity contribution is -0.158. The van der Waals surface area contributed by atoms with Crippen molar-refractivity contribution in [3.05, 3.63) is 96.6 Å². The summed E-state index contributed by atoms with van der Waals surface area (Å²) in [5.41, 5.74) is 8.98. The zero-order chi connectivity index (χ0) is 67.1. The first kappa shape index (κ1) is 76.9. The largest absolute Gasteiger partial charge is 0.522 e. The van der Waals surface area contributed by atoms with Gasteiger partial charge in [-0.25, -0.2) is 15.6 Å². The third-order valence-electron chi connectivity index (χ3n) is 13.7. The van der Waals surface area contributed by atoms with Crippen molar-refractivity contribution in [2.24, 2.45) is 17.6 Å². The number of alkyl carbamates (subject to hydrolysis) is 1. The van der Waals surface area contributed by atoms with Gasteiger partial charge in [0, 0.05) is 36.3 Å². The minimum absolute atomic E-state index is 0. The van der Waals surface area contributed by atoms with E-state index in [1.807, 2.05) is 69.3 Å². The van der Waals surface area contributed by atoms with Crippen molar-refractivity contribution in [1.82, 2.24) is 46.8 Å². The first-order chi connectivity index (χ1) is 41.2. The van der Waals surface area contributed by atoms with Gasteiger partial charge in [0.1, 0.15) is 48.0 Å². The maximum atomic E-state index is 13.2. The average Bonchev–Trinajstić information content (AvgIpc) is 1.22. The second-order valence-electron chi connectivity index (χ2n) is 24.3. The van der Waals surface area contributed by atoms with Crippen LogP contribution in [0.2, 0.25) is 19.6 Å². The molecular formula is C62H91F3N10O13SSi. The van der Waals surface area contributed by atoms with Gasteiger partial charge in [0.25, 0.3) is 11.8 Å². The van der Waals surface area contributed by atoms with Crippen molar-refractivity contribution in [1.29, 1.82) is 0 Å². The maximum Gasteiger partial charge on any atom is 0.522 e.